The van der Waals surface area contributed by atoms with Gasteiger partial charge in [0.1, 0.15) is 0 Å². The van der Waals surface area contributed by atoms with Crippen molar-refractivity contribution in [2.45, 2.75) is 38.8 Å². The highest BCUT2D eigenvalue weighted by Gasteiger charge is 2.40. The minimum atomic E-state index is 0.292. The van der Waals surface area contributed by atoms with Crippen LogP contribution in [0.15, 0.2) is 18.2 Å². The van der Waals surface area contributed by atoms with Crippen LogP contribution in [0.3, 0.4) is 0 Å². The highest BCUT2D eigenvalue weighted by molar-refractivity contribution is 7.99. The lowest BCUT2D eigenvalue weighted by molar-refractivity contribution is 0.253. The predicted octanol–water partition coefficient (Wildman–Crippen LogP) is 4.06. The lowest BCUT2D eigenvalue weighted by atomic mass is 9.85. The predicted molar refractivity (Wildman–Crippen MR) is 80.5 cm³/mol. The highest BCUT2D eigenvalue weighted by atomic mass is 35.5. The van der Waals surface area contributed by atoms with Crippen molar-refractivity contribution in [3.63, 3.8) is 0 Å². The van der Waals surface area contributed by atoms with Crippen LogP contribution in [-0.2, 0) is 6.42 Å². The summed E-state index contributed by atoms with van der Waals surface area (Å²) in [6, 6.07) is 7.50. The van der Waals surface area contributed by atoms with Gasteiger partial charge >= 0.3 is 0 Å². The number of halogens is 1. The molecule has 2 unspecified atom stereocenters. The Labute approximate surface area is 119 Å². The van der Waals surface area contributed by atoms with Crippen molar-refractivity contribution in [3.05, 3.63) is 34.3 Å². The van der Waals surface area contributed by atoms with Crippen LogP contribution in [0.2, 0.25) is 5.02 Å². The van der Waals surface area contributed by atoms with Gasteiger partial charge in [0.15, 0.2) is 0 Å². The smallest absolute Gasteiger partial charge is 0.0409 e. The van der Waals surface area contributed by atoms with E-state index in [1.807, 2.05) is 6.07 Å². The van der Waals surface area contributed by atoms with Gasteiger partial charge in [-0.25, -0.2) is 0 Å². The van der Waals surface area contributed by atoms with Crippen molar-refractivity contribution in [1.82, 2.24) is 5.32 Å². The zero-order valence-corrected chi connectivity index (χ0v) is 12.6. The number of thioether (sulfide) groups is 1. The van der Waals surface area contributed by atoms with Crippen molar-refractivity contribution in [2.24, 2.45) is 5.41 Å². The second kappa shape index (κ2) is 4.73. The zero-order valence-electron chi connectivity index (χ0n) is 11.0. The second-order valence-corrected chi connectivity index (χ2v) is 7.75. The van der Waals surface area contributed by atoms with Gasteiger partial charge in [0.2, 0.25) is 0 Å². The van der Waals surface area contributed by atoms with Crippen LogP contribution in [0.5, 0.6) is 0 Å². The number of nitrogens with one attached hydrogen (secondary N) is 1. The Morgan fingerprint density at radius 1 is 1.39 bits per heavy atom. The Balaban J connectivity index is 1.89. The third-order valence-corrected chi connectivity index (χ3v) is 5.58. The topological polar surface area (TPSA) is 12.0 Å². The van der Waals surface area contributed by atoms with Gasteiger partial charge in [0.05, 0.1) is 0 Å². The molecule has 98 valence electrons. The maximum atomic E-state index is 6.17. The molecule has 1 saturated heterocycles. The molecule has 18 heavy (non-hydrogen) atoms. The average molecular weight is 282 g/mol. The van der Waals surface area contributed by atoms with E-state index in [2.05, 4.69) is 43.1 Å². The first-order valence-corrected chi connectivity index (χ1v) is 8.22. The fraction of sp³-hybridized carbons (Fsp3) is 0.600. The van der Waals surface area contributed by atoms with E-state index in [0.29, 0.717) is 17.5 Å². The van der Waals surface area contributed by atoms with E-state index in [4.69, 9.17) is 11.6 Å². The van der Waals surface area contributed by atoms with E-state index < -0.39 is 0 Å². The van der Waals surface area contributed by atoms with E-state index in [1.165, 1.54) is 29.1 Å². The van der Waals surface area contributed by atoms with Gasteiger partial charge in [-0.15, -0.1) is 0 Å². The summed E-state index contributed by atoms with van der Waals surface area (Å²) in [7, 11) is 0. The van der Waals surface area contributed by atoms with Crippen LogP contribution < -0.4 is 5.32 Å². The summed E-state index contributed by atoms with van der Waals surface area (Å²) in [6.07, 6.45) is 2.45. The lowest BCUT2D eigenvalue weighted by Gasteiger charge is -2.31. The normalized spacial score (nSPS) is 29.5. The fourth-order valence-corrected chi connectivity index (χ4v) is 4.57. The Hall–Kier alpha value is -0.180. The van der Waals surface area contributed by atoms with Gasteiger partial charge in [0, 0.05) is 22.9 Å². The molecule has 2 atom stereocenters. The molecule has 0 aromatic heterocycles. The minimum absolute atomic E-state index is 0.292. The van der Waals surface area contributed by atoms with Crippen LogP contribution in [0, 0.1) is 5.41 Å². The summed E-state index contributed by atoms with van der Waals surface area (Å²) >= 11 is 8.23. The number of benzene rings is 1. The van der Waals surface area contributed by atoms with Gasteiger partial charge in [-0.05, 0) is 47.3 Å². The van der Waals surface area contributed by atoms with Crippen LogP contribution in [0.1, 0.15) is 37.4 Å². The number of hydrogen-bond acceptors (Lipinski definition) is 2. The minimum Gasteiger partial charge on any atom is -0.306 e. The molecule has 1 aliphatic carbocycles. The molecule has 0 amide bonds. The largest absolute Gasteiger partial charge is 0.306 e. The summed E-state index contributed by atoms with van der Waals surface area (Å²) in [4.78, 5) is 0. The molecule has 0 saturated carbocycles. The maximum Gasteiger partial charge on any atom is 0.0409 e. The summed E-state index contributed by atoms with van der Waals surface area (Å²) < 4.78 is 0. The molecule has 0 spiro atoms. The summed E-state index contributed by atoms with van der Waals surface area (Å²) in [5.41, 5.74) is 3.18. The van der Waals surface area contributed by atoms with E-state index >= 15 is 0 Å². The Kier molecular flexibility index (Phi) is 3.38. The molecule has 1 heterocycles. The molecule has 1 aromatic carbocycles. The van der Waals surface area contributed by atoms with Gasteiger partial charge in [0.25, 0.3) is 0 Å². The molecular weight excluding hydrogens is 262 g/mol. The van der Waals surface area contributed by atoms with Gasteiger partial charge in [-0.1, -0.05) is 31.5 Å². The third kappa shape index (κ3) is 2.31. The van der Waals surface area contributed by atoms with Gasteiger partial charge in [-0.2, -0.15) is 11.8 Å². The summed E-state index contributed by atoms with van der Waals surface area (Å²) in [6.45, 7) is 4.72. The van der Waals surface area contributed by atoms with Crippen molar-refractivity contribution in [2.75, 3.05) is 11.5 Å². The number of hydrogen-bond donors (Lipinski definition) is 1. The first-order chi connectivity index (χ1) is 8.56. The molecule has 3 rings (SSSR count). The van der Waals surface area contributed by atoms with E-state index in [-0.39, 0.29) is 0 Å². The zero-order chi connectivity index (χ0) is 12.8. The van der Waals surface area contributed by atoms with Crippen molar-refractivity contribution in [1.29, 1.82) is 0 Å². The molecule has 3 heteroatoms. The molecule has 1 fully saturated rings. The van der Waals surface area contributed by atoms with Crippen molar-refractivity contribution < 1.29 is 0 Å². The molecule has 2 aliphatic rings. The molecule has 0 bridgehead atoms. The fourth-order valence-electron chi connectivity index (χ4n) is 3.23. The molecule has 1 nitrogen and oxygen atoms in total. The van der Waals surface area contributed by atoms with Crippen LogP contribution in [-0.4, -0.2) is 17.5 Å². The first kappa shape index (κ1) is 12.8. The van der Waals surface area contributed by atoms with Crippen molar-refractivity contribution in [3.8, 4) is 0 Å². The Bertz CT molecular complexity index is 452. The van der Waals surface area contributed by atoms with Crippen molar-refractivity contribution >= 4 is 23.4 Å². The second-order valence-electron chi connectivity index (χ2n) is 6.17. The monoisotopic (exact) mass is 281 g/mol. The Morgan fingerprint density at radius 3 is 2.94 bits per heavy atom. The molecule has 0 radical (unpaired) electrons. The van der Waals surface area contributed by atoms with E-state index in [0.717, 1.165) is 11.4 Å². The summed E-state index contributed by atoms with van der Waals surface area (Å²) in [5, 5.41) is 4.73. The highest BCUT2D eigenvalue weighted by Crippen LogP contribution is 2.46. The quantitative estimate of drug-likeness (QED) is 0.877. The van der Waals surface area contributed by atoms with Crippen LogP contribution in [0.4, 0.5) is 0 Å². The third-order valence-electron chi connectivity index (χ3n) is 4.18. The Morgan fingerprint density at radius 2 is 2.22 bits per heavy atom. The van der Waals surface area contributed by atoms with Crippen LogP contribution >= 0.6 is 23.4 Å². The number of rotatable bonds is 2. The van der Waals surface area contributed by atoms with Gasteiger partial charge < -0.3 is 5.32 Å². The van der Waals surface area contributed by atoms with Crippen LogP contribution in [0.25, 0.3) is 0 Å². The first-order valence-electron chi connectivity index (χ1n) is 6.68. The molecular formula is C15H20ClNS. The maximum absolute atomic E-state index is 6.17. The lowest BCUT2D eigenvalue weighted by Crippen LogP contribution is -2.38. The molecule has 1 N–H and O–H groups in total. The van der Waals surface area contributed by atoms with E-state index in [1.54, 1.807) is 0 Å². The number of fused-ring (bicyclic) bond motifs is 1. The molecule has 1 aromatic rings. The molecule has 1 aliphatic heterocycles. The summed E-state index contributed by atoms with van der Waals surface area (Å²) in [5.74, 6) is 2.55. The SMILES string of the molecule is CC1(C)Cc2ccc(Cl)cc2C1NC1CCSC1. The van der Waals surface area contributed by atoms with E-state index in [9.17, 15) is 0 Å². The van der Waals surface area contributed by atoms with Gasteiger partial charge in [-0.3, -0.25) is 0 Å². The standard InChI is InChI=1S/C15H20ClNS/c1-15(2)8-10-3-4-11(16)7-13(10)14(15)17-12-5-6-18-9-12/h3-4,7,12,14,17H,5-6,8-9H2,1-2H3. The average Bonchev–Trinajstić information content (AvgIpc) is 2.88.